The standard InChI is InChI=1S/C19H17ClF5N3O3S3/c1-10-11(2)33-16(32-9-3-8-18(21,22)19(23,24)25)14-15(26-17(29)28(10)14)27-34(30,31)13-6-4-12(20)5-7-13/h4-7H,3,8-9H2,1-2H3,(H,26,27,29). The fourth-order valence-electron chi connectivity index (χ4n) is 2.89. The molecule has 0 aromatic heterocycles. The molecule has 0 saturated heterocycles. The average molecular weight is 562 g/mol. The second kappa shape index (κ2) is 9.63. The highest BCUT2D eigenvalue weighted by atomic mass is 35.5. The normalized spacial score (nSPS) is 12.9. The highest BCUT2D eigenvalue weighted by molar-refractivity contribution is 8.01. The zero-order chi connectivity index (χ0) is 25.5. The van der Waals surface area contributed by atoms with E-state index in [2.05, 4.69) is 9.71 Å². The first-order valence-corrected chi connectivity index (χ1v) is 13.2. The summed E-state index contributed by atoms with van der Waals surface area (Å²) in [6, 6.07) is 5.26. The van der Waals surface area contributed by atoms with Crippen LogP contribution in [0, 0.1) is 13.8 Å². The predicted molar refractivity (Wildman–Crippen MR) is 122 cm³/mol. The zero-order valence-electron chi connectivity index (χ0n) is 17.5. The van der Waals surface area contributed by atoms with Gasteiger partial charge >= 0.3 is 17.8 Å². The van der Waals surface area contributed by atoms with Crippen LogP contribution < -0.4 is 10.4 Å². The number of imidazole rings is 1. The van der Waals surface area contributed by atoms with Crippen molar-refractivity contribution in [1.29, 1.82) is 0 Å². The van der Waals surface area contributed by atoms with Crippen LogP contribution in [-0.4, -0.2) is 35.8 Å². The van der Waals surface area contributed by atoms with Crippen molar-refractivity contribution in [1.82, 2.24) is 9.55 Å². The largest absolute Gasteiger partial charge is 0.453 e. The maximum Gasteiger partial charge on any atom is 0.453 e. The van der Waals surface area contributed by atoms with Gasteiger partial charge in [0.1, 0.15) is 5.69 Å². The molecule has 2 aliphatic heterocycles. The van der Waals surface area contributed by atoms with Crippen LogP contribution in [0.15, 0.2) is 38.2 Å². The first-order chi connectivity index (χ1) is 15.6. The summed E-state index contributed by atoms with van der Waals surface area (Å²) in [5.74, 6) is -5.21. The quantitative estimate of drug-likeness (QED) is 0.211. The van der Waals surface area contributed by atoms with E-state index in [1.807, 2.05) is 0 Å². The number of fused-ring (bicyclic) bond motifs is 1. The fourth-order valence-corrected chi connectivity index (χ4v) is 6.48. The van der Waals surface area contributed by atoms with Crippen molar-refractivity contribution < 1.29 is 30.4 Å². The molecular formula is C19H17ClF5N3O3S3. The summed E-state index contributed by atoms with van der Waals surface area (Å²) >= 11 is 7.88. The van der Waals surface area contributed by atoms with E-state index in [1.54, 1.807) is 13.8 Å². The number of halogens is 6. The molecule has 1 aromatic rings. The third kappa shape index (κ3) is 5.50. The molecule has 3 rings (SSSR count). The maximum atomic E-state index is 13.2. The van der Waals surface area contributed by atoms with Gasteiger partial charge in [0, 0.05) is 22.0 Å². The number of alkyl halides is 5. The van der Waals surface area contributed by atoms with E-state index in [-0.39, 0.29) is 22.2 Å². The molecule has 15 heteroatoms. The Labute approximate surface area is 204 Å². The van der Waals surface area contributed by atoms with E-state index in [4.69, 9.17) is 11.6 Å². The van der Waals surface area contributed by atoms with Crippen LogP contribution in [0.2, 0.25) is 5.02 Å². The number of aryl methyl sites for hydroxylation is 1. The summed E-state index contributed by atoms with van der Waals surface area (Å²) in [6.45, 7) is 3.32. The fraction of sp³-hybridized carbons (Fsp3) is 0.368. The zero-order valence-corrected chi connectivity index (χ0v) is 20.7. The van der Waals surface area contributed by atoms with Crippen LogP contribution in [0.4, 0.5) is 27.8 Å². The Morgan fingerprint density at radius 2 is 1.76 bits per heavy atom. The van der Waals surface area contributed by atoms with Crippen LogP contribution in [-0.2, 0) is 10.0 Å². The number of anilines is 1. The van der Waals surface area contributed by atoms with Gasteiger partial charge in [0.15, 0.2) is 5.82 Å². The molecular weight excluding hydrogens is 545 g/mol. The number of sulfonamides is 1. The Kier molecular flexibility index (Phi) is 7.56. The molecule has 2 heterocycles. The van der Waals surface area contributed by atoms with Gasteiger partial charge in [-0.05, 0) is 50.3 Å². The van der Waals surface area contributed by atoms with Gasteiger partial charge in [0.05, 0.1) is 9.10 Å². The molecule has 34 heavy (non-hydrogen) atoms. The third-order valence-corrected chi connectivity index (χ3v) is 8.91. The van der Waals surface area contributed by atoms with Gasteiger partial charge in [-0.15, -0.1) is 23.1 Å². The molecule has 2 aliphatic rings. The number of nitrogens with zero attached hydrogens (tertiary/aromatic N) is 2. The highest BCUT2D eigenvalue weighted by Gasteiger charge is 2.56. The highest BCUT2D eigenvalue weighted by Crippen LogP contribution is 2.41. The van der Waals surface area contributed by atoms with E-state index in [1.165, 1.54) is 28.8 Å². The van der Waals surface area contributed by atoms with Crippen molar-refractivity contribution in [2.24, 2.45) is 0 Å². The van der Waals surface area contributed by atoms with E-state index >= 15 is 0 Å². The first-order valence-electron chi connectivity index (χ1n) is 9.52. The second-order valence-corrected chi connectivity index (χ2v) is 11.9. The summed E-state index contributed by atoms with van der Waals surface area (Å²) in [7, 11) is -4.16. The van der Waals surface area contributed by atoms with Gasteiger partial charge in [-0.3, -0.25) is 9.29 Å². The molecule has 0 spiro atoms. The second-order valence-electron chi connectivity index (χ2n) is 7.17. The summed E-state index contributed by atoms with van der Waals surface area (Å²) < 4.78 is 92.9. The molecule has 0 atom stereocenters. The lowest BCUT2D eigenvalue weighted by Crippen LogP contribution is -2.36. The first kappa shape index (κ1) is 26.7. The number of thioether (sulfide) groups is 1. The molecule has 0 saturated carbocycles. The molecule has 0 amide bonds. The molecule has 186 valence electrons. The van der Waals surface area contributed by atoms with Crippen LogP contribution in [0.3, 0.4) is 0 Å². The van der Waals surface area contributed by atoms with Gasteiger partial charge in [0.25, 0.3) is 10.0 Å². The molecule has 6 nitrogen and oxygen atoms in total. The van der Waals surface area contributed by atoms with Crippen LogP contribution in [0.1, 0.15) is 23.4 Å². The summed E-state index contributed by atoms with van der Waals surface area (Å²) in [4.78, 5) is 16.9. The lowest BCUT2D eigenvalue weighted by Gasteiger charge is -2.19. The molecule has 0 unspecified atom stereocenters. The van der Waals surface area contributed by atoms with Crippen molar-refractivity contribution in [3.05, 3.63) is 50.3 Å². The predicted octanol–water partition coefficient (Wildman–Crippen LogP) is 5.87. The van der Waals surface area contributed by atoms with E-state index in [9.17, 15) is 35.2 Å². The topological polar surface area (TPSA) is 81.1 Å². The Morgan fingerprint density at radius 1 is 1.15 bits per heavy atom. The van der Waals surface area contributed by atoms with Gasteiger partial charge < -0.3 is 0 Å². The lowest BCUT2D eigenvalue weighted by molar-refractivity contribution is -0.284. The smallest absolute Gasteiger partial charge is 0.261 e. The molecule has 1 N–H and O–H groups in total. The number of hydrogen-bond donors (Lipinski definition) is 1. The minimum absolute atomic E-state index is 0.100. The number of benzene rings is 1. The van der Waals surface area contributed by atoms with Crippen molar-refractivity contribution in [3.63, 3.8) is 0 Å². The summed E-state index contributed by atoms with van der Waals surface area (Å²) in [5.41, 5.74) is -0.173. The maximum absolute atomic E-state index is 13.2. The van der Waals surface area contributed by atoms with Crippen molar-refractivity contribution >= 4 is 50.5 Å². The Hall–Kier alpha value is -1.90. The minimum atomic E-state index is -5.63. The molecule has 1 aromatic carbocycles. The monoisotopic (exact) mass is 561 g/mol. The lowest BCUT2D eigenvalue weighted by atomic mass is 10.2. The minimum Gasteiger partial charge on any atom is -0.261 e. The SMILES string of the molecule is Cc1sc(SCCCC(F)(F)C(F)(F)F)c2c(NS(=O)(=O)c3ccc(Cl)cc3)nc(=O)n-2c1C. The van der Waals surface area contributed by atoms with Crippen molar-refractivity contribution in [2.45, 2.75) is 47.9 Å². The Bertz CT molecular complexity index is 1320. The summed E-state index contributed by atoms with van der Waals surface area (Å²) in [5, 5.41) is 0.316. The molecule has 0 radical (unpaired) electrons. The molecule has 0 aliphatic carbocycles. The number of aromatic nitrogens is 2. The van der Waals surface area contributed by atoms with Gasteiger partial charge in [-0.1, -0.05) is 11.6 Å². The number of hydrogen-bond acceptors (Lipinski definition) is 6. The summed E-state index contributed by atoms with van der Waals surface area (Å²) in [6.07, 6.45) is -7.49. The van der Waals surface area contributed by atoms with Crippen molar-refractivity contribution in [2.75, 3.05) is 10.5 Å². The van der Waals surface area contributed by atoms with Gasteiger partial charge in [-0.2, -0.15) is 26.9 Å². The number of rotatable bonds is 8. The Morgan fingerprint density at radius 3 is 2.35 bits per heavy atom. The Balaban J connectivity index is 1.92. The van der Waals surface area contributed by atoms with Crippen LogP contribution in [0.5, 0.6) is 0 Å². The molecule has 0 fully saturated rings. The van der Waals surface area contributed by atoms with Crippen LogP contribution in [0.25, 0.3) is 5.69 Å². The van der Waals surface area contributed by atoms with Gasteiger partial charge in [-0.25, -0.2) is 13.2 Å². The third-order valence-electron chi connectivity index (χ3n) is 4.77. The van der Waals surface area contributed by atoms with E-state index < -0.39 is 40.7 Å². The van der Waals surface area contributed by atoms with E-state index in [0.29, 0.717) is 19.8 Å². The van der Waals surface area contributed by atoms with Crippen molar-refractivity contribution in [3.8, 4) is 5.69 Å². The van der Waals surface area contributed by atoms with Crippen LogP contribution >= 0.6 is 34.7 Å². The number of nitrogens with one attached hydrogen (secondary N) is 1. The van der Waals surface area contributed by atoms with E-state index in [0.717, 1.165) is 23.1 Å². The molecule has 0 bridgehead atoms. The van der Waals surface area contributed by atoms with Gasteiger partial charge in [0.2, 0.25) is 0 Å². The average Bonchev–Trinajstić information content (AvgIpc) is 3.03.